The van der Waals surface area contributed by atoms with Gasteiger partial charge in [-0.25, -0.2) is 4.79 Å². The molecule has 3 rings (SSSR count). The number of hydroxylamine groups is 1. The summed E-state index contributed by atoms with van der Waals surface area (Å²) in [4.78, 5) is 22.9. The van der Waals surface area contributed by atoms with Gasteiger partial charge in [0.2, 0.25) is 6.79 Å². The van der Waals surface area contributed by atoms with Gasteiger partial charge in [-0.3, -0.25) is 15.2 Å². The molecule has 1 aliphatic rings. The maximum Gasteiger partial charge on any atom is 0.339 e. The van der Waals surface area contributed by atoms with Crippen molar-refractivity contribution in [1.29, 1.82) is 0 Å². The first-order chi connectivity index (χ1) is 17.1. The first kappa shape index (κ1) is 27.2. The molecule has 0 amide bonds. The molecule has 1 heterocycles. The van der Waals surface area contributed by atoms with Gasteiger partial charge in [-0.05, 0) is 34.9 Å². The minimum absolute atomic E-state index is 0.0278. The normalized spacial score (nSPS) is 16.1. The van der Waals surface area contributed by atoms with Gasteiger partial charge in [0.25, 0.3) is 0 Å². The Morgan fingerprint density at radius 3 is 2.56 bits per heavy atom. The van der Waals surface area contributed by atoms with Gasteiger partial charge in [-0.1, -0.05) is 52.6 Å². The van der Waals surface area contributed by atoms with Crippen molar-refractivity contribution in [1.82, 2.24) is 16.0 Å². The Balaban J connectivity index is 1.76. The molecule has 0 fully saturated rings. The van der Waals surface area contributed by atoms with E-state index >= 15 is 0 Å². The molecule has 0 spiro atoms. The average Bonchev–Trinajstić information content (AvgIpc) is 3.27. The lowest BCUT2D eigenvalue weighted by molar-refractivity contribution is -1.08. The van der Waals surface area contributed by atoms with Crippen LogP contribution >= 0.6 is 23.2 Å². The smallest absolute Gasteiger partial charge is 0.339 e. The standard InChI is InChI=1S/C22H23Cl2N5O7/c1-13(30)35-12-36-22(33)20(31)11-28(26-21(32)19-10-29(34)27-25-19)9-14-2-4-15(5-3-14)17-8-16(23)6-7-18(17)24/h2-8,10,20,25,27,31,34H,9,11-12H2,1H3,(H,26,32)/t20-/m1/s1. The molecule has 0 aliphatic carbocycles. The first-order valence-electron chi connectivity index (χ1n) is 10.5. The number of ether oxygens (including phenoxy) is 2. The van der Waals surface area contributed by atoms with E-state index in [9.17, 15) is 25.0 Å². The number of quaternary nitrogens is 1. The SMILES string of the molecule is CC(=O)OCOC(=O)[C@H](O)CN(Cc1ccc(-c2cc(Cl)ccc2Cl)cc1)N=C([O-])C1=C[NH+](O)NN1. The van der Waals surface area contributed by atoms with Crippen LogP contribution in [0.3, 0.4) is 0 Å². The van der Waals surface area contributed by atoms with E-state index < -0.39 is 37.3 Å². The number of esters is 2. The Hall–Kier alpha value is -3.39. The van der Waals surface area contributed by atoms with Crippen LogP contribution in [0.15, 0.2) is 59.5 Å². The van der Waals surface area contributed by atoms with Crippen LogP contribution in [0.5, 0.6) is 0 Å². The molecule has 2 atom stereocenters. The van der Waals surface area contributed by atoms with Crippen molar-refractivity contribution in [3.8, 4) is 11.1 Å². The monoisotopic (exact) mass is 539 g/mol. The maximum absolute atomic E-state index is 12.5. The van der Waals surface area contributed by atoms with E-state index in [4.69, 9.17) is 27.9 Å². The Morgan fingerprint density at radius 1 is 1.19 bits per heavy atom. The fourth-order valence-electron chi connectivity index (χ4n) is 3.04. The number of benzene rings is 2. The number of aliphatic hydroxyl groups is 1. The van der Waals surface area contributed by atoms with Crippen LogP contribution in [-0.4, -0.2) is 52.6 Å². The number of hydrogen-bond acceptors (Lipinski definition) is 11. The number of nitrogens with zero attached hydrogens (tertiary/aromatic N) is 2. The summed E-state index contributed by atoms with van der Waals surface area (Å²) in [6.07, 6.45) is -0.567. The molecule has 2 aromatic rings. The van der Waals surface area contributed by atoms with Crippen LogP contribution in [0.25, 0.3) is 11.1 Å². The van der Waals surface area contributed by atoms with E-state index in [1.54, 1.807) is 42.5 Å². The minimum Gasteiger partial charge on any atom is -0.856 e. The van der Waals surface area contributed by atoms with Gasteiger partial charge in [0.15, 0.2) is 12.3 Å². The number of nitrogens with one attached hydrogen (secondary N) is 3. The van der Waals surface area contributed by atoms with Crippen molar-refractivity contribution in [3.05, 3.63) is 70.0 Å². The number of rotatable bonds is 10. The number of hydrogen-bond donors (Lipinski definition) is 5. The lowest BCUT2D eigenvalue weighted by Crippen LogP contribution is -3.11. The summed E-state index contributed by atoms with van der Waals surface area (Å²) in [7, 11) is 0. The molecule has 12 nitrogen and oxygen atoms in total. The van der Waals surface area contributed by atoms with Crippen molar-refractivity contribution in [3.63, 3.8) is 0 Å². The molecule has 36 heavy (non-hydrogen) atoms. The summed E-state index contributed by atoms with van der Waals surface area (Å²) < 4.78 is 9.21. The van der Waals surface area contributed by atoms with Gasteiger partial charge in [0, 0.05) is 28.4 Å². The zero-order chi connectivity index (χ0) is 26.2. The second-order valence-corrected chi connectivity index (χ2v) is 8.34. The van der Waals surface area contributed by atoms with Crippen molar-refractivity contribution < 1.29 is 39.7 Å². The van der Waals surface area contributed by atoms with Gasteiger partial charge in [0.1, 0.15) is 5.70 Å². The average molecular weight is 540 g/mol. The number of hydrazone groups is 1. The number of aliphatic hydroxyl groups excluding tert-OH is 1. The molecule has 0 bridgehead atoms. The number of hydrazine groups is 1. The van der Waals surface area contributed by atoms with E-state index in [-0.39, 0.29) is 17.4 Å². The predicted molar refractivity (Wildman–Crippen MR) is 126 cm³/mol. The molecule has 1 unspecified atom stereocenters. The fourth-order valence-corrected chi connectivity index (χ4v) is 3.44. The van der Waals surface area contributed by atoms with Crippen molar-refractivity contribution in [2.75, 3.05) is 13.3 Å². The molecule has 14 heteroatoms. The highest BCUT2D eigenvalue weighted by atomic mass is 35.5. The van der Waals surface area contributed by atoms with Crippen LogP contribution in [0, 0.1) is 0 Å². The fraction of sp³-hybridized carbons (Fsp3) is 0.227. The Bertz CT molecular complexity index is 1160. The maximum atomic E-state index is 12.5. The van der Waals surface area contributed by atoms with E-state index in [1.807, 2.05) is 0 Å². The van der Waals surface area contributed by atoms with Crippen LogP contribution in [0.1, 0.15) is 12.5 Å². The minimum atomic E-state index is -1.70. The predicted octanol–water partition coefficient (Wildman–Crippen LogP) is -0.301. The highest BCUT2D eigenvalue weighted by Crippen LogP contribution is 2.30. The largest absolute Gasteiger partial charge is 0.856 e. The van der Waals surface area contributed by atoms with E-state index in [1.165, 1.54) is 5.01 Å². The molecule has 5 N–H and O–H groups in total. The summed E-state index contributed by atoms with van der Waals surface area (Å²) in [6, 6.07) is 12.2. The van der Waals surface area contributed by atoms with Gasteiger partial charge in [0.05, 0.1) is 13.1 Å². The van der Waals surface area contributed by atoms with Crippen molar-refractivity contribution >= 4 is 41.0 Å². The Morgan fingerprint density at radius 2 is 1.92 bits per heavy atom. The van der Waals surface area contributed by atoms with Gasteiger partial charge >= 0.3 is 11.9 Å². The van der Waals surface area contributed by atoms with Crippen LogP contribution < -0.4 is 21.2 Å². The quantitative estimate of drug-likeness (QED) is 0.0890. The number of carbonyl (C=O) groups excluding carboxylic acids is 2. The third kappa shape index (κ3) is 7.81. The van der Waals surface area contributed by atoms with Crippen LogP contribution in [-0.2, 0) is 25.6 Å². The number of carbonyl (C=O) groups is 2. The second kappa shape index (κ2) is 12.5. The van der Waals surface area contributed by atoms with E-state index in [0.717, 1.165) is 24.3 Å². The topological polar surface area (TPSA) is 160 Å². The Labute approximate surface area is 215 Å². The summed E-state index contributed by atoms with van der Waals surface area (Å²) in [6.45, 7) is 0.0905. The van der Waals surface area contributed by atoms with Crippen molar-refractivity contribution in [2.45, 2.75) is 19.6 Å². The third-order valence-electron chi connectivity index (χ3n) is 4.75. The molecule has 0 aromatic heterocycles. The van der Waals surface area contributed by atoms with E-state index in [0.29, 0.717) is 15.6 Å². The highest BCUT2D eigenvalue weighted by Gasteiger charge is 2.22. The highest BCUT2D eigenvalue weighted by molar-refractivity contribution is 6.35. The molecule has 1 aliphatic heterocycles. The van der Waals surface area contributed by atoms with E-state index in [2.05, 4.69) is 20.8 Å². The molecule has 0 saturated carbocycles. The molecule has 192 valence electrons. The molecule has 0 saturated heterocycles. The zero-order valence-electron chi connectivity index (χ0n) is 18.9. The lowest BCUT2D eigenvalue weighted by atomic mass is 10.0. The van der Waals surface area contributed by atoms with Crippen LogP contribution in [0.2, 0.25) is 10.0 Å². The van der Waals surface area contributed by atoms with Gasteiger partial charge < -0.3 is 19.7 Å². The lowest BCUT2D eigenvalue weighted by Gasteiger charge is -2.24. The van der Waals surface area contributed by atoms with Crippen LogP contribution in [0.4, 0.5) is 0 Å². The van der Waals surface area contributed by atoms with Crippen molar-refractivity contribution in [2.24, 2.45) is 5.10 Å². The van der Waals surface area contributed by atoms with Gasteiger partial charge in [-0.15, -0.1) is 0 Å². The first-order valence-corrected chi connectivity index (χ1v) is 11.2. The molecular weight excluding hydrogens is 517 g/mol. The van der Waals surface area contributed by atoms with Gasteiger partial charge in [-0.2, -0.15) is 10.3 Å². The summed E-state index contributed by atoms with van der Waals surface area (Å²) in [5.74, 6) is -2.50. The molecular formula is C22H23Cl2N5O7. The molecule has 0 radical (unpaired) electrons. The summed E-state index contributed by atoms with van der Waals surface area (Å²) in [5.41, 5.74) is 6.98. The zero-order valence-corrected chi connectivity index (χ0v) is 20.4. The Kier molecular flexibility index (Phi) is 9.47. The third-order valence-corrected chi connectivity index (χ3v) is 5.31. The summed E-state index contributed by atoms with van der Waals surface area (Å²) in [5, 5.41) is 38.1. The molecule has 2 aromatic carbocycles. The second-order valence-electron chi connectivity index (χ2n) is 7.50. The number of halogens is 2. The summed E-state index contributed by atoms with van der Waals surface area (Å²) >= 11 is 12.3.